The van der Waals surface area contributed by atoms with E-state index < -0.39 is 4.92 Å². The van der Waals surface area contributed by atoms with Crippen LogP contribution in [0.1, 0.15) is 20.3 Å². The zero-order chi connectivity index (χ0) is 14.7. The maximum atomic E-state index is 10.7. The molecule has 0 spiro atoms. The highest BCUT2D eigenvalue weighted by atomic mass is 16.6. The molecule has 1 aliphatic rings. The van der Waals surface area contributed by atoms with Gasteiger partial charge in [-0.05, 0) is 38.8 Å². The van der Waals surface area contributed by atoms with Crippen LogP contribution in [0.5, 0.6) is 0 Å². The first kappa shape index (κ1) is 14.6. The van der Waals surface area contributed by atoms with Gasteiger partial charge in [0.2, 0.25) is 0 Å². The van der Waals surface area contributed by atoms with Gasteiger partial charge in [-0.1, -0.05) is 0 Å². The van der Waals surface area contributed by atoms with Crippen molar-refractivity contribution < 1.29 is 4.92 Å². The minimum absolute atomic E-state index is 0.0277. The van der Waals surface area contributed by atoms with Crippen LogP contribution in [0.4, 0.5) is 17.1 Å². The Labute approximate surface area is 119 Å². The molecule has 2 rings (SSSR count). The number of rotatable bonds is 5. The van der Waals surface area contributed by atoms with E-state index in [1.54, 1.807) is 6.07 Å². The summed E-state index contributed by atoms with van der Waals surface area (Å²) in [7, 11) is 0. The highest BCUT2D eigenvalue weighted by molar-refractivity contribution is 5.69. The Kier molecular flexibility index (Phi) is 4.44. The van der Waals surface area contributed by atoms with Crippen molar-refractivity contribution in [3.63, 3.8) is 0 Å². The monoisotopic (exact) mass is 278 g/mol. The van der Waals surface area contributed by atoms with Gasteiger partial charge in [-0.15, -0.1) is 0 Å². The van der Waals surface area contributed by atoms with Gasteiger partial charge < -0.3 is 16.0 Å². The van der Waals surface area contributed by atoms with Crippen molar-refractivity contribution in [2.24, 2.45) is 5.92 Å². The van der Waals surface area contributed by atoms with Crippen molar-refractivity contribution in [2.45, 2.75) is 26.3 Å². The molecule has 0 aliphatic carbocycles. The van der Waals surface area contributed by atoms with Gasteiger partial charge in [0.15, 0.2) is 0 Å². The normalized spacial score (nSPS) is 19.4. The molecule has 1 heterocycles. The molecule has 1 aliphatic heterocycles. The first-order valence-electron chi connectivity index (χ1n) is 6.99. The van der Waals surface area contributed by atoms with E-state index in [1.807, 2.05) is 0 Å². The van der Waals surface area contributed by atoms with E-state index in [0.29, 0.717) is 17.6 Å². The summed E-state index contributed by atoms with van der Waals surface area (Å²) in [6, 6.07) is 5.15. The topological polar surface area (TPSA) is 84.4 Å². The number of nitrogens with zero attached hydrogens (tertiary/aromatic N) is 2. The molecule has 1 fully saturated rings. The minimum atomic E-state index is -0.433. The van der Waals surface area contributed by atoms with E-state index >= 15 is 0 Å². The fourth-order valence-electron chi connectivity index (χ4n) is 2.58. The molecule has 1 atom stereocenters. The third-order valence-corrected chi connectivity index (χ3v) is 3.87. The van der Waals surface area contributed by atoms with Crippen molar-refractivity contribution >= 4 is 17.1 Å². The highest BCUT2D eigenvalue weighted by Gasteiger charge is 2.24. The molecule has 0 saturated carbocycles. The number of hydrogen-bond acceptors (Lipinski definition) is 5. The van der Waals surface area contributed by atoms with Crippen LogP contribution in [0.2, 0.25) is 0 Å². The number of nitro groups is 1. The zero-order valence-corrected chi connectivity index (χ0v) is 12.0. The molecule has 1 unspecified atom stereocenters. The summed E-state index contributed by atoms with van der Waals surface area (Å²) in [4.78, 5) is 12.7. The maximum Gasteiger partial charge on any atom is 0.271 e. The van der Waals surface area contributed by atoms with E-state index in [9.17, 15) is 10.1 Å². The number of nitrogens with one attached hydrogen (secondary N) is 1. The van der Waals surface area contributed by atoms with E-state index in [1.165, 1.54) is 18.6 Å². The Morgan fingerprint density at radius 1 is 1.55 bits per heavy atom. The van der Waals surface area contributed by atoms with Gasteiger partial charge >= 0.3 is 0 Å². The zero-order valence-electron chi connectivity index (χ0n) is 12.0. The van der Waals surface area contributed by atoms with Gasteiger partial charge in [0.05, 0.1) is 16.3 Å². The smallest absolute Gasteiger partial charge is 0.271 e. The van der Waals surface area contributed by atoms with Crippen LogP contribution in [0.25, 0.3) is 0 Å². The molecule has 6 heteroatoms. The van der Waals surface area contributed by atoms with Crippen LogP contribution < -0.4 is 11.1 Å². The number of non-ortho nitro benzene ring substituents is 1. The van der Waals surface area contributed by atoms with Gasteiger partial charge in [-0.3, -0.25) is 10.1 Å². The molecular formula is C14H22N4O2. The number of nitrogens with two attached hydrogens (primary N) is 1. The fourth-order valence-corrected chi connectivity index (χ4v) is 2.58. The average molecular weight is 278 g/mol. The van der Waals surface area contributed by atoms with Gasteiger partial charge in [-0.2, -0.15) is 0 Å². The summed E-state index contributed by atoms with van der Waals surface area (Å²) >= 11 is 0. The molecule has 0 radical (unpaired) electrons. The second-order valence-electron chi connectivity index (χ2n) is 5.65. The molecule has 20 heavy (non-hydrogen) atoms. The number of likely N-dealkylation sites (tertiary alicyclic amines) is 1. The lowest BCUT2D eigenvalue weighted by Gasteiger charge is -2.20. The SMILES string of the molecule is CC(C)N1CCC(CNc2ccc([N+](=O)[O-])cc2N)C1. The first-order chi connectivity index (χ1) is 9.47. The van der Waals surface area contributed by atoms with Gasteiger partial charge in [0.25, 0.3) is 5.69 Å². The Morgan fingerprint density at radius 3 is 2.85 bits per heavy atom. The molecule has 6 nitrogen and oxygen atoms in total. The molecule has 1 aromatic carbocycles. The minimum Gasteiger partial charge on any atom is -0.397 e. The summed E-state index contributed by atoms with van der Waals surface area (Å²) in [6.07, 6.45) is 1.18. The van der Waals surface area contributed by atoms with E-state index in [-0.39, 0.29) is 5.69 Å². The van der Waals surface area contributed by atoms with Crippen molar-refractivity contribution in [1.29, 1.82) is 0 Å². The fraction of sp³-hybridized carbons (Fsp3) is 0.571. The molecule has 0 amide bonds. The van der Waals surface area contributed by atoms with Crippen molar-refractivity contribution in [3.8, 4) is 0 Å². The number of anilines is 2. The third kappa shape index (κ3) is 3.39. The van der Waals surface area contributed by atoms with Crippen LogP contribution in [-0.2, 0) is 0 Å². The lowest BCUT2D eigenvalue weighted by molar-refractivity contribution is -0.384. The third-order valence-electron chi connectivity index (χ3n) is 3.87. The van der Waals surface area contributed by atoms with Gasteiger partial charge in [-0.25, -0.2) is 0 Å². The largest absolute Gasteiger partial charge is 0.397 e. The lowest BCUT2D eigenvalue weighted by Crippen LogP contribution is -2.29. The van der Waals surface area contributed by atoms with E-state index in [0.717, 1.165) is 25.3 Å². The van der Waals surface area contributed by atoms with Crippen LogP contribution in [-0.4, -0.2) is 35.5 Å². The van der Waals surface area contributed by atoms with Crippen molar-refractivity contribution in [3.05, 3.63) is 28.3 Å². The molecular weight excluding hydrogens is 256 g/mol. The summed E-state index contributed by atoms with van der Waals surface area (Å²) in [5, 5.41) is 14.0. The molecule has 110 valence electrons. The summed E-state index contributed by atoms with van der Waals surface area (Å²) in [6.45, 7) is 7.51. The summed E-state index contributed by atoms with van der Waals surface area (Å²) in [5.74, 6) is 0.604. The number of benzene rings is 1. The van der Waals surface area contributed by atoms with Crippen LogP contribution in [0.3, 0.4) is 0 Å². The van der Waals surface area contributed by atoms with Gasteiger partial charge in [0, 0.05) is 31.3 Å². The predicted molar refractivity (Wildman–Crippen MR) is 80.8 cm³/mol. The maximum absolute atomic E-state index is 10.7. The number of nitrogen functional groups attached to an aromatic ring is 1. The Hall–Kier alpha value is -1.82. The van der Waals surface area contributed by atoms with Crippen molar-refractivity contribution in [2.75, 3.05) is 30.7 Å². The Balaban J connectivity index is 1.90. The van der Waals surface area contributed by atoms with Crippen molar-refractivity contribution in [1.82, 2.24) is 4.90 Å². The predicted octanol–water partition coefficient (Wildman–Crippen LogP) is 2.32. The summed E-state index contributed by atoms with van der Waals surface area (Å²) < 4.78 is 0. The molecule has 0 aromatic heterocycles. The Bertz CT molecular complexity index is 490. The highest BCUT2D eigenvalue weighted by Crippen LogP contribution is 2.25. The molecule has 3 N–H and O–H groups in total. The second kappa shape index (κ2) is 6.09. The lowest BCUT2D eigenvalue weighted by atomic mass is 10.1. The summed E-state index contributed by atoms with van der Waals surface area (Å²) in [5.41, 5.74) is 7.07. The average Bonchev–Trinajstić information content (AvgIpc) is 2.86. The Morgan fingerprint density at radius 2 is 2.30 bits per heavy atom. The van der Waals surface area contributed by atoms with E-state index in [2.05, 4.69) is 24.1 Å². The van der Waals surface area contributed by atoms with Gasteiger partial charge in [0.1, 0.15) is 0 Å². The quantitative estimate of drug-likeness (QED) is 0.490. The molecule has 1 aromatic rings. The number of nitro benzene ring substituents is 1. The first-order valence-corrected chi connectivity index (χ1v) is 6.99. The molecule has 1 saturated heterocycles. The second-order valence-corrected chi connectivity index (χ2v) is 5.65. The molecule has 0 bridgehead atoms. The standard InChI is InChI=1S/C14H22N4O2/c1-10(2)17-6-5-11(9-17)8-16-14-4-3-12(18(19)20)7-13(14)15/h3-4,7,10-11,16H,5-6,8-9,15H2,1-2H3. The van der Waals surface area contributed by atoms with E-state index in [4.69, 9.17) is 5.73 Å². The van der Waals surface area contributed by atoms with Crippen LogP contribution in [0.15, 0.2) is 18.2 Å². The number of hydrogen-bond donors (Lipinski definition) is 2. The van der Waals surface area contributed by atoms with Crippen LogP contribution in [0, 0.1) is 16.0 Å². The van der Waals surface area contributed by atoms with Crippen LogP contribution >= 0.6 is 0 Å².